The number of hydrogen-bond acceptors (Lipinski definition) is 4. The first-order valence-corrected chi connectivity index (χ1v) is 6.99. The molecule has 2 N–H and O–H groups in total. The predicted molar refractivity (Wildman–Crippen MR) is 80.2 cm³/mol. The number of rotatable bonds is 3. The van der Waals surface area contributed by atoms with E-state index in [0.717, 1.165) is 5.56 Å². The van der Waals surface area contributed by atoms with Gasteiger partial charge in [-0.15, -0.1) is 0 Å². The van der Waals surface area contributed by atoms with E-state index in [9.17, 15) is 0 Å². The SMILES string of the molecule is CC(C)C(N)c1nc(-c2ccc(C(C)(C)C)cc2)no1. The highest BCUT2D eigenvalue weighted by molar-refractivity contribution is 5.55. The summed E-state index contributed by atoms with van der Waals surface area (Å²) in [6.45, 7) is 10.6. The van der Waals surface area contributed by atoms with Crippen LogP contribution in [0.2, 0.25) is 0 Å². The molecule has 2 aromatic rings. The first kappa shape index (κ1) is 14.7. The van der Waals surface area contributed by atoms with E-state index in [2.05, 4.69) is 43.0 Å². The van der Waals surface area contributed by atoms with Crippen molar-refractivity contribution in [2.45, 2.75) is 46.1 Å². The summed E-state index contributed by atoms with van der Waals surface area (Å²) in [5.41, 5.74) is 8.38. The number of nitrogens with two attached hydrogens (primary N) is 1. The summed E-state index contributed by atoms with van der Waals surface area (Å²) < 4.78 is 5.25. The molecular formula is C16H23N3O. The van der Waals surface area contributed by atoms with Crippen LogP contribution in [-0.2, 0) is 5.41 Å². The first-order chi connectivity index (χ1) is 9.29. The van der Waals surface area contributed by atoms with E-state index in [1.54, 1.807) is 0 Å². The fraction of sp³-hybridized carbons (Fsp3) is 0.500. The minimum absolute atomic E-state index is 0.140. The molecule has 0 bridgehead atoms. The molecular weight excluding hydrogens is 250 g/mol. The molecule has 4 heteroatoms. The molecule has 1 aromatic heterocycles. The van der Waals surface area contributed by atoms with E-state index in [0.29, 0.717) is 11.7 Å². The second-order valence-corrected chi connectivity index (χ2v) is 6.55. The van der Waals surface area contributed by atoms with Gasteiger partial charge in [-0.3, -0.25) is 0 Å². The van der Waals surface area contributed by atoms with Gasteiger partial charge in [0.15, 0.2) is 0 Å². The van der Waals surface area contributed by atoms with Crippen LogP contribution >= 0.6 is 0 Å². The van der Waals surface area contributed by atoms with Crippen LogP contribution in [0.1, 0.15) is 52.1 Å². The molecule has 108 valence electrons. The van der Waals surface area contributed by atoms with Gasteiger partial charge in [0, 0.05) is 5.56 Å². The van der Waals surface area contributed by atoms with Gasteiger partial charge in [-0.25, -0.2) is 0 Å². The molecule has 0 aliphatic rings. The average Bonchev–Trinajstić information content (AvgIpc) is 2.86. The van der Waals surface area contributed by atoms with Crippen LogP contribution in [0.25, 0.3) is 11.4 Å². The summed E-state index contributed by atoms with van der Waals surface area (Å²) in [6, 6.07) is 8.04. The van der Waals surface area contributed by atoms with Crippen LogP contribution in [-0.4, -0.2) is 10.1 Å². The fourth-order valence-electron chi connectivity index (χ4n) is 1.89. The smallest absolute Gasteiger partial charge is 0.244 e. The molecule has 0 saturated heterocycles. The van der Waals surface area contributed by atoms with E-state index in [1.807, 2.05) is 26.0 Å². The third kappa shape index (κ3) is 3.07. The van der Waals surface area contributed by atoms with Crippen molar-refractivity contribution < 1.29 is 4.52 Å². The Morgan fingerprint density at radius 1 is 1.10 bits per heavy atom. The lowest BCUT2D eigenvalue weighted by Crippen LogP contribution is -2.16. The Morgan fingerprint density at radius 2 is 1.70 bits per heavy atom. The van der Waals surface area contributed by atoms with Gasteiger partial charge in [0.1, 0.15) is 0 Å². The molecule has 20 heavy (non-hydrogen) atoms. The van der Waals surface area contributed by atoms with Crippen molar-refractivity contribution in [1.82, 2.24) is 10.1 Å². The van der Waals surface area contributed by atoms with Gasteiger partial charge in [-0.2, -0.15) is 4.98 Å². The lowest BCUT2D eigenvalue weighted by Gasteiger charge is -2.18. The largest absolute Gasteiger partial charge is 0.337 e. The Labute approximate surface area is 120 Å². The second kappa shape index (κ2) is 5.37. The number of hydrogen-bond donors (Lipinski definition) is 1. The number of aromatic nitrogens is 2. The van der Waals surface area contributed by atoms with Crippen molar-refractivity contribution >= 4 is 0 Å². The highest BCUT2D eigenvalue weighted by atomic mass is 16.5. The standard InChI is InChI=1S/C16H23N3O/c1-10(2)13(17)15-18-14(19-20-15)11-6-8-12(9-7-11)16(3,4)5/h6-10,13H,17H2,1-5H3. The van der Waals surface area contributed by atoms with Crippen molar-refractivity contribution in [1.29, 1.82) is 0 Å². The highest BCUT2D eigenvalue weighted by Crippen LogP contribution is 2.26. The molecule has 0 aliphatic heterocycles. The van der Waals surface area contributed by atoms with Crippen LogP contribution < -0.4 is 5.73 Å². The Balaban J connectivity index is 2.25. The molecule has 1 aromatic carbocycles. The predicted octanol–water partition coefficient (Wildman–Crippen LogP) is 3.69. The summed E-state index contributed by atoms with van der Waals surface area (Å²) in [5.74, 6) is 1.36. The number of benzene rings is 1. The van der Waals surface area contributed by atoms with Crippen molar-refractivity contribution in [3.63, 3.8) is 0 Å². The normalized spacial score (nSPS) is 13.8. The zero-order chi connectivity index (χ0) is 14.9. The van der Waals surface area contributed by atoms with Crippen LogP contribution in [0, 0.1) is 5.92 Å². The van der Waals surface area contributed by atoms with Gasteiger partial charge in [0.05, 0.1) is 6.04 Å². The third-order valence-electron chi connectivity index (χ3n) is 3.45. The van der Waals surface area contributed by atoms with Crippen molar-refractivity contribution in [2.75, 3.05) is 0 Å². The molecule has 0 saturated carbocycles. The number of nitrogens with zero attached hydrogens (tertiary/aromatic N) is 2. The molecule has 2 rings (SSSR count). The Kier molecular flexibility index (Phi) is 3.95. The summed E-state index contributed by atoms with van der Waals surface area (Å²) in [6.07, 6.45) is 0. The molecule has 0 amide bonds. The van der Waals surface area contributed by atoms with Crippen LogP contribution in [0.15, 0.2) is 28.8 Å². The Morgan fingerprint density at radius 3 is 2.20 bits per heavy atom. The zero-order valence-electron chi connectivity index (χ0n) is 12.8. The van der Waals surface area contributed by atoms with Crippen LogP contribution in [0.4, 0.5) is 0 Å². The molecule has 0 aliphatic carbocycles. The fourth-order valence-corrected chi connectivity index (χ4v) is 1.89. The Bertz CT molecular complexity index is 564. The molecule has 0 spiro atoms. The third-order valence-corrected chi connectivity index (χ3v) is 3.45. The first-order valence-electron chi connectivity index (χ1n) is 6.99. The van der Waals surface area contributed by atoms with Crippen molar-refractivity contribution in [3.05, 3.63) is 35.7 Å². The van der Waals surface area contributed by atoms with Gasteiger partial charge in [0.25, 0.3) is 0 Å². The monoisotopic (exact) mass is 273 g/mol. The second-order valence-electron chi connectivity index (χ2n) is 6.55. The zero-order valence-corrected chi connectivity index (χ0v) is 12.8. The quantitative estimate of drug-likeness (QED) is 0.926. The Hall–Kier alpha value is -1.68. The maximum atomic E-state index is 6.01. The summed E-state index contributed by atoms with van der Waals surface area (Å²) >= 11 is 0. The van der Waals surface area contributed by atoms with Crippen LogP contribution in [0.5, 0.6) is 0 Å². The van der Waals surface area contributed by atoms with E-state index in [-0.39, 0.29) is 17.4 Å². The van der Waals surface area contributed by atoms with Gasteiger partial charge in [0.2, 0.25) is 11.7 Å². The molecule has 1 heterocycles. The summed E-state index contributed by atoms with van der Waals surface area (Å²) in [7, 11) is 0. The van der Waals surface area contributed by atoms with Gasteiger partial charge < -0.3 is 10.3 Å². The lowest BCUT2D eigenvalue weighted by atomic mass is 9.87. The molecule has 1 atom stereocenters. The molecule has 4 nitrogen and oxygen atoms in total. The van der Waals surface area contributed by atoms with E-state index >= 15 is 0 Å². The molecule has 0 fully saturated rings. The molecule has 0 radical (unpaired) electrons. The topological polar surface area (TPSA) is 64.9 Å². The minimum atomic E-state index is -0.218. The lowest BCUT2D eigenvalue weighted by molar-refractivity contribution is 0.325. The van der Waals surface area contributed by atoms with E-state index in [4.69, 9.17) is 10.3 Å². The van der Waals surface area contributed by atoms with E-state index < -0.39 is 0 Å². The van der Waals surface area contributed by atoms with Gasteiger partial charge in [-0.05, 0) is 16.9 Å². The van der Waals surface area contributed by atoms with Gasteiger partial charge >= 0.3 is 0 Å². The van der Waals surface area contributed by atoms with Crippen molar-refractivity contribution in [3.8, 4) is 11.4 Å². The molecule has 1 unspecified atom stereocenters. The maximum absolute atomic E-state index is 6.01. The van der Waals surface area contributed by atoms with Gasteiger partial charge in [-0.1, -0.05) is 64.0 Å². The summed E-state index contributed by atoms with van der Waals surface area (Å²) in [4.78, 5) is 4.39. The maximum Gasteiger partial charge on any atom is 0.244 e. The highest BCUT2D eigenvalue weighted by Gasteiger charge is 2.19. The average molecular weight is 273 g/mol. The minimum Gasteiger partial charge on any atom is -0.337 e. The van der Waals surface area contributed by atoms with Crippen LogP contribution in [0.3, 0.4) is 0 Å². The summed E-state index contributed by atoms with van der Waals surface area (Å²) in [5, 5.41) is 4.02. The van der Waals surface area contributed by atoms with Crippen molar-refractivity contribution in [2.24, 2.45) is 11.7 Å². The van der Waals surface area contributed by atoms with E-state index in [1.165, 1.54) is 5.56 Å².